The van der Waals surface area contributed by atoms with E-state index in [1.807, 2.05) is 0 Å². The number of carbonyl (C=O) groups is 1. The predicted molar refractivity (Wildman–Crippen MR) is 62.9 cm³/mol. The number of halogens is 3. The number of carbonyl (C=O) groups excluding carboxylic acids is 1. The standard InChI is InChI=1S/C13H11F3N2O2/c1-8(19)6-11-17-12(20-18-11)7-9-4-2-3-5-10(9)13(14,15)16/h2-5H,6-7H2,1H3. The van der Waals surface area contributed by atoms with E-state index >= 15 is 0 Å². The minimum absolute atomic E-state index is 0.00438. The van der Waals surface area contributed by atoms with Crippen LogP contribution < -0.4 is 0 Å². The lowest BCUT2D eigenvalue weighted by molar-refractivity contribution is -0.138. The Morgan fingerprint density at radius 2 is 2.00 bits per heavy atom. The maximum absolute atomic E-state index is 12.8. The van der Waals surface area contributed by atoms with Crippen LogP contribution in [0.2, 0.25) is 0 Å². The molecule has 0 atom stereocenters. The van der Waals surface area contributed by atoms with E-state index < -0.39 is 11.7 Å². The molecule has 0 N–H and O–H groups in total. The molecule has 7 heteroatoms. The summed E-state index contributed by atoms with van der Waals surface area (Å²) in [6.45, 7) is 1.37. The van der Waals surface area contributed by atoms with Crippen LogP contribution in [-0.4, -0.2) is 15.9 Å². The normalized spacial score (nSPS) is 11.6. The summed E-state index contributed by atoms with van der Waals surface area (Å²) in [6.07, 6.45) is -4.55. The first-order valence-corrected chi connectivity index (χ1v) is 5.82. The van der Waals surface area contributed by atoms with Gasteiger partial charge in [0.25, 0.3) is 0 Å². The van der Waals surface area contributed by atoms with Gasteiger partial charge in [-0.25, -0.2) is 0 Å². The van der Waals surface area contributed by atoms with E-state index in [-0.39, 0.29) is 35.9 Å². The molecule has 0 spiro atoms. The highest BCUT2D eigenvalue weighted by Gasteiger charge is 2.33. The monoisotopic (exact) mass is 284 g/mol. The molecule has 106 valence electrons. The van der Waals surface area contributed by atoms with Gasteiger partial charge >= 0.3 is 6.18 Å². The summed E-state index contributed by atoms with van der Waals surface area (Å²) in [5, 5.41) is 3.56. The Morgan fingerprint density at radius 1 is 1.30 bits per heavy atom. The SMILES string of the molecule is CC(=O)Cc1noc(Cc2ccccc2C(F)(F)F)n1. The first-order valence-electron chi connectivity index (χ1n) is 5.82. The molecule has 0 aliphatic rings. The van der Waals surface area contributed by atoms with Crippen molar-refractivity contribution < 1.29 is 22.5 Å². The Bertz CT molecular complexity index is 620. The zero-order chi connectivity index (χ0) is 14.8. The predicted octanol–water partition coefficient (Wildman–Crippen LogP) is 2.81. The van der Waals surface area contributed by atoms with Crippen molar-refractivity contribution in [2.24, 2.45) is 0 Å². The number of rotatable bonds is 4. The van der Waals surface area contributed by atoms with Gasteiger partial charge < -0.3 is 4.52 Å². The van der Waals surface area contributed by atoms with Gasteiger partial charge in [0.1, 0.15) is 5.78 Å². The molecule has 4 nitrogen and oxygen atoms in total. The topological polar surface area (TPSA) is 56.0 Å². The van der Waals surface area contributed by atoms with Gasteiger partial charge in [-0.3, -0.25) is 4.79 Å². The van der Waals surface area contributed by atoms with Gasteiger partial charge in [0, 0.05) is 0 Å². The van der Waals surface area contributed by atoms with Crippen molar-refractivity contribution in [3.63, 3.8) is 0 Å². The van der Waals surface area contributed by atoms with Crippen LogP contribution in [0, 0.1) is 0 Å². The molecule has 0 aliphatic heterocycles. The lowest BCUT2D eigenvalue weighted by Gasteiger charge is -2.10. The Hall–Kier alpha value is -2.18. The van der Waals surface area contributed by atoms with Crippen molar-refractivity contribution in [2.45, 2.75) is 25.9 Å². The number of hydrogen-bond donors (Lipinski definition) is 0. The molecule has 1 heterocycles. The maximum atomic E-state index is 12.8. The van der Waals surface area contributed by atoms with Gasteiger partial charge in [-0.2, -0.15) is 18.2 Å². The molecule has 0 saturated carbocycles. The van der Waals surface area contributed by atoms with Crippen LogP contribution in [-0.2, 0) is 23.8 Å². The largest absolute Gasteiger partial charge is 0.416 e. The van der Waals surface area contributed by atoms with Crippen LogP contribution in [0.4, 0.5) is 13.2 Å². The molecular weight excluding hydrogens is 273 g/mol. The molecule has 20 heavy (non-hydrogen) atoms. The molecule has 0 unspecified atom stereocenters. The molecule has 1 aromatic carbocycles. The number of alkyl halides is 3. The highest BCUT2D eigenvalue weighted by Crippen LogP contribution is 2.32. The lowest BCUT2D eigenvalue weighted by Crippen LogP contribution is -2.09. The van der Waals surface area contributed by atoms with Gasteiger partial charge in [0.15, 0.2) is 5.82 Å². The molecule has 0 radical (unpaired) electrons. The van der Waals surface area contributed by atoms with Gasteiger partial charge in [-0.1, -0.05) is 23.4 Å². The van der Waals surface area contributed by atoms with Crippen molar-refractivity contribution >= 4 is 5.78 Å². The van der Waals surface area contributed by atoms with Crippen molar-refractivity contribution in [1.82, 2.24) is 10.1 Å². The van der Waals surface area contributed by atoms with E-state index in [9.17, 15) is 18.0 Å². The van der Waals surface area contributed by atoms with E-state index in [0.29, 0.717) is 0 Å². The lowest BCUT2D eigenvalue weighted by atomic mass is 10.0. The maximum Gasteiger partial charge on any atom is 0.416 e. The third-order valence-corrected chi connectivity index (χ3v) is 2.58. The van der Waals surface area contributed by atoms with E-state index in [4.69, 9.17) is 4.52 Å². The van der Waals surface area contributed by atoms with Crippen LogP contribution in [0.1, 0.15) is 29.8 Å². The molecule has 0 bridgehead atoms. The van der Waals surface area contributed by atoms with Crippen molar-refractivity contribution in [3.05, 3.63) is 47.1 Å². The Balaban J connectivity index is 2.22. The van der Waals surface area contributed by atoms with Crippen LogP contribution in [0.3, 0.4) is 0 Å². The quantitative estimate of drug-likeness (QED) is 0.866. The second kappa shape index (κ2) is 5.44. The minimum Gasteiger partial charge on any atom is -0.339 e. The van der Waals surface area contributed by atoms with E-state index in [2.05, 4.69) is 10.1 Å². The average Bonchev–Trinajstić information content (AvgIpc) is 2.75. The number of benzene rings is 1. The van der Waals surface area contributed by atoms with Gasteiger partial charge in [0.05, 0.1) is 18.4 Å². The smallest absolute Gasteiger partial charge is 0.339 e. The van der Waals surface area contributed by atoms with Crippen LogP contribution in [0.15, 0.2) is 28.8 Å². The van der Waals surface area contributed by atoms with E-state index in [1.165, 1.54) is 25.1 Å². The van der Waals surface area contributed by atoms with Gasteiger partial charge in [0.2, 0.25) is 5.89 Å². The third kappa shape index (κ3) is 3.43. The zero-order valence-corrected chi connectivity index (χ0v) is 10.6. The van der Waals surface area contributed by atoms with Crippen molar-refractivity contribution in [2.75, 3.05) is 0 Å². The molecular formula is C13H11F3N2O2. The summed E-state index contributed by atoms with van der Waals surface area (Å²) in [5.41, 5.74) is -0.677. The van der Waals surface area contributed by atoms with Gasteiger partial charge in [-0.15, -0.1) is 0 Å². The summed E-state index contributed by atoms with van der Waals surface area (Å²) >= 11 is 0. The molecule has 0 amide bonds. The highest BCUT2D eigenvalue weighted by atomic mass is 19.4. The third-order valence-electron chi connectivity index (χ3n) is 2.58. The van der Waals surface area contributed by atoms with E-state index in [1.54, 1.807) is 0 Å². The summed E-state index contributed by atoms with van der Waals surface area (Å²) in [4.78, 5) is 14.8. The second-order valence-electron chi connectivity index (χ2n) is 4.31. The Kier molecular flexibility index (Phi) is 3.87. The molecule has 2 aromatic rings. The van der Waals surface area contributed by atoms with Crippen LogP contribution in [0.25, 0.3) is 0 Å². The number of aromatic nitrogens is 2. The second-order valence-corrected chi connectivity index (χ2v) is 4.31. The van der Waals surface area contributed by atoms with Crippen molar-refractivity contribution in [3.8, 4) is 0 Å². The van der Waals surface area contributed by atoms with Gasteiger partial charge in [-0.05, 0) is 18.6 Å². The zero-order valence-electron chi connectivity index (χ0n) is 10.6. The number of hydrogen-bond acceptors (Lipinski definition) is 4. The van der Waals surface area contributed by atoms with Crippen molar-refractivity contribution in [1.29, 1.82) is 0 Å². The minimum atomic E-state index is -4.43. The van der Waals surface area contributed by atoms with Crippen LogP contribution in [0.5, 0.6) is 0 Å². The number of Topliss-reactive ketones (excluding diaryl/α,β-unsaturated/α-hetero) is 1. The summed E-state index contributed by atoms with van der Waals surface area (Å²) in [7, 11) is 0. The number of ketones is 1. The first-order chi connectivity index (χ1) is 9.36. The number of nitrogens with zero attached hydrogens (tertiary/aromatic N) is 2. The first kappa shape index (κ1) is 14.2. The molecule has 1 aromatic heterocycles. The van der Waals surface area contributed by atoms with E-state index in [0.717, 1.165) is 6.07 Å². The Morgan fingerprint density at radius 3 is 2.65 bits per heavy atom. The molecule has 0 aliphatic carbocycles. The molecule has 0 saturated heterocycles. The average molecular weight is 284 g/mol. The Labute approximate surface area is 112 Å². The molecule has 0 fully saturated rings. The summed E-state index contributed by atoms with van der Waals surface area (Å²) in [5.74, 6) is 0.0861. The highest BCUT2D eigenvalue weighted by molar-refractivity contribution is 5.77. The fourth-order valence-electron chi connectivity index (χ4n) is 1.77. The fourth-order valence-corrected chi connectivity index (χ4v) is 1.77. The molecule has 2 rings (SSSR count). The fraction of sp³-hybridized carbons (Fsp3) is 0.308. The van der Waals surface area contributed by atoms with Crippen LogP contribution >= 0.6 is 0 Å². The summed E-state index contributed by atoms with van der Waals surface area (Å²) < 4.78 is 43.3. The summed E-state index contributed by atoms with van der Waals surface area (Å²) in [6, 6.07) is 5.19.